The van der Waals surface area contributed by atoms with Gasteiger partial charge in [0.1, 0.15) is 0 Å². The first-order valence-electron chi connectivity index (χ1n) is 6.31. The summed E-state index contributed by atoms with van der Waals surface area (Å²) >= 11 is 3.08. The first-order chi connectivity index (χ1) is 10.0. The number of aromatic nitrogens is 6. The summed E-state index contributed by atoms with van der Waals surface area (Å²) in [7, 11) is 0. The highest BCUT2D eigenvalue weighted by atomic mass is 32.2. The van der Waals surface area contributed by atoms with Gasteiger partial charge in [0.05, 0.1) is 11.3 Å². The van der Waals surface area contributed by atoms with E-state index in [1.165, 1.54) is 11.8 Å². The molecule has 0 saturated heterocycles. The summed E-state index contributed by atoms with van der Waals surface area (Å²) in [4.78, 5) is 4.37. The second-order valence-electron chi connectivity index (χ2n) is 5.36. The maximum atomic E-state index is 5.26. The molecule has 21 heavy (non-hydrogen) atoms. The predicted octanol–water partition coefficient (Wildman–Crippen LogP) is 2.83. The highest BCUT2D eigenvalue weighted by Crippen LogP contribution is 2.25. The van der Waals surface area contributed by atoms with Crippen molar-refractivity contribution < 1.29 is 4.52 Å². The van der Waals surface area contributed by atoms with Crippen molar-refractivity contribution in [3.05, 3.63) is 22.7 Å². The summed E-state index contributed by atoms with van der Waals surface area (Å²) in [5.41, 5.74) is 0.808. The van der Waals surface area contributed by atoms with Gasteiger partial charge in [0.2, 0.25) is 16.9 Å². The van der Waals surface area contributed by atoms with E-state index in [9.17, 15) is 0 Å². The number of hydrogen-bond acceptors (Lipinski definition) is 8. The fourth-order valence-corrected chi connectivity index (χ4v) is 3.17. The Morgan fingerprint density at radius 2 is 2.24 bits per heavy atom. The normalized spacial score (nSPS) is 12.0. The van der Waals surface area contributed by atoms with Crippen LogP contribution in [0.25, 0.3) is 11.4 Å². The minimum absolute atomic E-state index is 0.164. The quantitative estimate of drug-likeness (QED) is 0.683. The van der Waals surface area contributed by atoms with Crippen molar-refractivity contribution in [2.75, 3.05) is 0 Å². The van der Waals surface area contributed by atoms with Crippen LogP contribution < -0.4 is 0 Å². The number of tetrazole rings is 1. The van der Waals surface area contributed by atoms with Crippen molar-refractivity contribution >= 4 is 23.1 Å². The zero-order chi connectivity index (χ0) is 14.9. The van der Waals surface area contributed by atoms with E-state index in [-0.39, 0.29) is 5.54 Å². The molecular formula is C12H14N6OS2. The van der Waals surface area contributed by atoms with Crippen LogP contribution in [0.2, 0.25) is 0 Å². The monoisotopic (exact) mass is 322 g/mol. The van der Waals surface area contributed by atoms with Crippen molar-refractivity contribution in [2.24, 2.45) is 0 Å². The molecule has 0 aromatic carbocycles. The molecule has 0 aliphatic rings. The molecule has 0 unspecified atom stereocenters. The Balaban J connectivity index is 1.70. The number of hydrogen-bond donors (Lipinski definition) is 0. The van der Waals surface area contributed by atoms with Gasteiger partial charge < -0.3 is 4.52 Å². The summed E-state index contributed by atoms with van der Waals surface area (Å²) < 4.78 is 7.04. The maximum Gasteiger partial charge on any atom is 0.237 e. The largest absolute Gasteiger partial charge is 0.338 e. The van der Waals surface area contributed by atoms with Gasteiger partial charge in [-0.2, -0.15) is 16.3 Å². The average molecular weight is 322 g/mol. The zero-order valence-corrected chi connectivity index (χ0v) is 13.5. The Bertz CT molecular complexity index is 712. The molecule has 3 rings (SSSR count). The van der Waals surface area contributed by atoms with Gasteiger partial charge in [-0.1, -0.05) is 16.9 Å². The van der Waals surface area contributed by atoms with Crippen molar-refractivity contribution in [1.82, 2.24) is 30.3 Å². The Hall–Kier alpha value is -1.74. The lowest BCUT2D eigenvalue weighted by Gasteiger charge is -2.19. The summed E-state index contributed by atoms with van der Waals surface area (Å²) in [5.74, 6) is 1.71. The van der Waals surface area contributed by atoms with E-state index in [0.29, 0.717) is 17.5 Å². The Morgan fingerprint density at radius 3 is 2.95 bits per heavy atom. The summed E-state index contributed by atoms with van der Waals surface area (Å²) in [5, 5.41) is 20.5. The van der Waals surface area contributed by atoms with Crippen molar-refractivity contribution in [2.45, 2.75) is 37.2 Å². The molecule has 0 atom stereocenters. The molecule has 9 heteroatoms. The number of nitrogens with zero attached hydrogens (tertiary/aromatic N) is 6. The van der Waals surface area contributed by atoms with Gasteiger partial charge in [0, 0.05) is 10.9 Å². The SMILES string of the molecule is CC(C)(C)n1nnnc1SCc1nc(-c2ccsc2)no1. The standard InChI is InChI=1S/C12H14N6OS2/c1-12(2,3)18-11(14-16-17-18)21-7-9-13-10(15-19-9)8-4-5-20-6-8/h4-6H,7H2,1-3H3. The van der Waals surface area contributed by atoms with Crippen molar-refractivity contribution in [3.63, 3.8) is 0 Å². The van der Waals surface area contributed by atoms with Gasteiger partial charge in [0.25, 0.3) is 0 Å². The highest BCUT2D eigenvalue weighted by Gasteiger charge is 2.20. The molecule has 0 bridgehead atoms. The Kier molecular flexibility index (Phi) is 3.77. The molecular weight excluding hydrogens is 308 g/mol. The van der Waals surface area contributed by atoms with E-state index in [0.717, 1.165) is 10.7 Å². The van der Waals surface area contributed by atoms with Gasteiger partial charge in [-0.05, 0) is 42.6 Å². The molecule has 0 amide bonds. The van der Waals surface area contributed by atoms with Gasteiger partial charge in [-0.3, -0.25) is 0 Å². The van der Waals surface area contributed by atoms with Crippen LogP contribution >= 0.6 is 23.1 Å². The third kappa shape index (κ3) is 3.13. The molecule has 110 valence electrons. The van der Waals surface area contributed by atoms with Gasteiger partial charge in [-0.15, -0.1) is 5.10 Å². The van der Waals surface area contributed by atoms with Gasteiger partial charge in [-0.25, -0.2) is 4.68 Å². The van der Waals surface area contributed by atoms with Crippen LogP contribution in [0.1, 0.15) is 26.7 Å². The van der Waals surface area contributed by atoms with E-state index in [2.05, 4.69) is 46.4 Å². The maximum absolute atomic E-state index is 5.26. The van der Waals surface area contributed by atoms with Crippen LogP contribution in [0.5, 0.6) is 0 Å². The lowest BCUT2D eigenvalue weighted by atomic mass is 10.1. The zero-order valence-electron chi connectivity index (χ0n) is 11.8. The fraction of sp³-hybridized carbons (Fsp3) is 0.417. The van der Waals surface area contributed by atoms with Crippen LogP contribution in [-0.4, -0.2) is 30.3 Å². The molecule has 0 radical (unpaired) electrons. The molecule has 0 fully saturated rings. The summed E-state index contributed by atoms with van der Waals surface area (Å²) in [6.45, 7) is 6.15. The van der Waals surface area contributed by atoms with E-state index in [1.54, 1.807) is 16.0 Å². The van der Waals surface area contributed by atoms with E-state index < -0.39 is 0 Å². The Morgan fingerprint density at radius 1 is 1.38 bits per heavy atom. The topological polar surface area (TPSA) is 82.5 Å². The van der Waals surface area contributed by atoms with Gasteiger partial charge in [0.15, 0.2) is 0 Å². The minimum atomic E-state index is -0.164. The van der Waals surface area contributed by atoms with Crippen molar-refractivity contribution in [1.29, 1.82) is 0 Å². The molecule has 7 nitrogen and oxygen atoms in total. The fourth-order valence-electron chi connectivity index (χ4n) is 1.64. The van der Waals surface area contributed by atoms with E-state index >= 15 is 0 Å². The molecule has 3 aromatic heterocycles. The second kappa shape index (κ2) is 5.57. The van der Waals surface area contributed by atoms with E-state index in [1.807, 2.05) is 16.8 Å². The number of rotatable bonds is 4. The molecule has 3 aromatic rings. The predicted molar refractivity (Wildman–Crippen MR) is 80.0 cm³/mol. The number of thioether (sulfide) groups is 1. The first-order valence-corrected chi connectivity index (χ1v) is 8.24. The molecule has 0 N–H and O–H groups in total. The lowest BCUT2D eigenvalue weighted by Crippen LogP contribution is -2.24. The molecule has 3 heterocycles. The third-order valence-electron chi connectivity index (χ3n) is 2.65. The van der Waals surface area contributed by atoms with Crippen LogP contribution in [0.15, 0.2) is 26.5 Å². The summed E-state index contributed by atoms with van der Waals surface area (Å²) in [6, 6.07) is 1.96. The lowest BCUT2D eigenvalue weighted by molar-refractivity contribution is 0.321. The average Bonchev–Trinajstić information content (AvgIpc) is 3.16. The minimum Gasteiger partial charge on any atom is -0.338 e. The van der Waals surface area contributed by atoms with Crippen LogP contribution in [-0.2, 0) is 11.3 Å². The van der Waals surface area contributed by atoms with E-state index in [4.69, 9.17) is 4.52 Å². The second-order valence-corrected chi connectivity index (χ2v) is 7.08. The first kappa shape index (κ1) is 14.2. The smallest absolute Gasteiger partial charge is 0.237 e. The molecule has 0 spiro atoms. The van der Waals surface area contributed by atoms with Crippen LogP contribution in [0, 0.1) is 0 Å². The van der Waals surface area contributed by atoms with Crippen LogP contribution in [0.3, 0.4) is 0 Å². The van der Waals surface area contributed by atoms with Gasteiger partial charge >= 0.3 is 0 Å². The Labute approximate surface area is 129 Å². The highest BCUT2D eigenvalue weighted by molar-refractivity contribution is 7.98. The van der Waals surface area contributed by atoms with Crippen LogP contribution in [0.4, 0.5) is 0 Å². The summed E-state index contributed by atoms with van der Waals surface area (Å²) in [6.07, 6.45) is 0. The molecule has 0 aliphatic carbocycles. The molecule has 0 aliphatic heterocycles. The molecule has 0 saturated carbocycles. The number of thiophene rings is 1. The third-order valence-corrected chi connectivity index (χ3v) is 4.24. The van der Waals surface area contributed by atoms with Crippen molar-refractivity contribution in [3.8, 4) is 11.4 Å².